The summed E-state index contributed by atoms with van der Waals surface area (Å²) in [5.41, 5.74) is 4.29. The van der Waals surface area contributed by atoms with E-state index in [9.17, 15) is 9.59 Å². The third-order valence-corrected chi connectivity index (χ3v) is 4.75. The number of benzene rings is 2. The second kappa shape index (κ2) is 10.6. The van der Waals surface area contributed by atoms with Gasteiger partial charge in [0.2, 0.25) is 5.91 Å². The van der Waals surface area contributed by atoms with Crippen molar-refractivity contribution in [2.24, 2.45) is 0 Å². The van der Waals surface area contributed by atoms with Crippen LogP contribution in [-0.4, -0.2) is 35.9 Å². The monoisotopic (exact) mass is 396 g/mol. The van der Waals surface area contributed by atoms with Gasteiger partial charge in [0.05, 0.1) is 0 Å². The maximum absolute atomic E-state index is 13.0. The van der Waals surface area contributed by atoms with E-state index >= 15 is 0 Å². The molecule has 2 amide bonds. The van der Waals surface area contributed by atoms with Crippen LogP contribution < -0.4 is 10.1 Å². The first-order chi connectivity index (χ1) is 13.8. The summed E-state index contributed by atoms with van der Waals surface area (Å²) in [7, 11) is 0. The van der Waals surface area contributed by atoms with Gasteiger partial charge in [0.1, 0.15) is 11.8 Å². The lowest BCUT2D eigenvalue weighted by Crippen LogP contribution is -2.49. The number of amides is 2. The highest BCUT2D eigenvalue weighted by Gasteiger charge is 2.26. The fourth-order valence-electron chi connectivity index (χ4n) is 3.11. The summed E-state index contributed by atoms with van der Waals surface area (Å²) in [5.74, 6) is 0.289. The van der Waals surface area contributed by atoms with Crippen molar-refractivity contribution >= 4 is 11.8 Å². The molecule has 0 saturated heterocycles. The van der Waals surface area contributed by atoms with Crippen molar-refractivity contribution in [2.45, 2.75) is 53.6 Å². The Morgan fingerprint density at radius 1 is 1.00 bits per heavy atom. The van der Waals surface area contributed by atoms with E-state index in [2.05, 4.69) is 11.4 Å². The highest BCUT2D eigenvalue weighted by molar-refractivity contribution is 5.87. The van der Waals surface area contributed by atoms with Gasteiger partial charge in [0, 0.05) is 13.1 Å². The molecule has 0 aromatic heterocycles. The largest absolute Gasteiger partial charge is 0.484 e. The maximum Gasteiger partial charge on any atom is 0.261 e. The van der Waals surface area contributed by atoms with Crippen molar-refractivity contribution in [3.8, 4) is 5.75 Å². The Morgan fingerprint density at radius 2 is 1.62 bits per heavy atom. The highest BCUT2D eigenvalue weighted by atomic mass is 16.5. The Hall–Kier alpha value is -2.82. The molecule has 0 aliphatic heterocycles. The molecule has 0 spiro atoms. The molecule has 156 valence electrons. The van der Waals surface area contributed by atoms with Crippen molar-refractivity contribution < 1.29 is 14.3 Å². The van der Waals surface area contributed by atoms with Crippen LogP contribution >= 0.6 is 0 Å². The number of hydrogen-bond donors (Lipinski definition) is 1. The molecule has 2 aromatic rings. The lowest BCUT2D eigenvalue weighted by molar-refractivity contribution is -0.142. The molecule has 0 radical (unpaired) electrons. The maximum atomic E-state index is 13.0. The van der Waals surface area contributed by atoms with Crippen molar-refractivity contribution in [3.63, 3.8) is 0 Å². The van der Waals surface area contributed by atoms with Crippen LogP contribution in [0.2, 0.25) is 0 Å². The van der Waals surface area contributed by atoms with E-state index in [4.69, 9.17) is 4.74 Å². The van der Waals surface area contributed by atoms with Crippen LogP contribution in [0.25, 0.3) is 0 Å². The number of rotatable bonds is 9. The molecule has 1 unspecified atom stereocenters. The average Bonchev–Trinajstić information content (AvgIpc) is 2.68. The summed E-state index contributed by atoms with van der Waals surface area (Å²) in [4.78, 5) is 27.1. The van der Waals surface area contributed by atoms with Crippen molar-refractivity contribution in [2.75, 3.05) is 13.2 Å². The molecule has 5 heteroatoms. The van der Waals surface area contributed by atoms with E-state index in [0.29, 0.717) is 18.8 Å². The molecule has 0 saturated carbocycles. The van der Waals surface area contributed by atoms with Gasteiger partial charge >= 0.3 is 0 Å². The standard InChI is InChI=1S/C24H32N2O3/c1-6-11-25-24(28)20(5)26(15-21-9-7-17(2)8-10-21)23(27)16-29-22-13-18(3)12-19(4)14-22/h7-10,12-14,20H,6,11,15-16H2,1-5H3,(H,25,28). The molecule has 29 heavy (non-hydrogen) atoms. The Bertz CT molecular complexity index is 810. The molecule has 0 fully saturated rings. The Kier molecular flexibility index (Phi) is 8.25. The van der Waals surface area contributed by atoms with Crippen LogP contribution in [-0.2, 0) is 16.1 Å². The van der Waals surface area contributed by atoms with Gasteiger partial charge in [0.15, 0.2) is 6.61 Å². The number of carbonyl (C=O) groups is 2. The van der Waals surface area contributed by atoms with E-state index < -0.39 is 6.04 Å². The Labute approximate surface area is 174 Å². The van der Waals surface area contributed by atoms with Crippen molar-refractivity contribution in [1.82, 2.24) is 10.2 Å². The number of hydrogen-bond acceptors (Lipinski definition) is 3. The van der Waals surface area contributed by atoms with Gasteiger partial charge in [-0.15, -0.1) is 0 Å². The second-order valence-electron chi connectivity index (χ2n) is 7.59. The average molecular weight is 397 g/mol. The van der Waals surface area contributed by atoms with Crippen LogP contribution in [0.3, 0.4) is 0 Å². The lowest BCUT2D eigenvalue weighted by atomic mass is 10.1. The van der Waals surface area contributed by atoms with Crippen LogP contribution in [0.15, 0.2) is 42.5 Å². The molecular weight excluding hydrogens is 364 g/mol. The van der Waals surface area contributed by atoms with E-state index in [-0.39, 0.29) is 18.4 Å². The van der Waals surface area contributed by atoms with Crippen molar-refractivity contribution in [1.29, 1.82) is 0 Å². The summed E-state index contributed by atoms with van der Waals surface area (Å²) < 4.78 is 5.76. The van der Waals surface area contributed by atoms with Gasteiger partial charge in [-0.2, -0.15) is 0 Å². The molecule has 2 aromatic carbocycles. The summed E-state index contributed by atoms with van der Waals surface area (Å²) in [5, 5.41) is 2.88. The first-order valence-electron chi connectivity index (χ1n) is 10.1. The van der Waals surface area contributed by atoms with Gasteiger partial charge in [-0.25, -0.2) is 0 Å². The molecule has 0 heterocycles. The van der Waals surface area contributed by atoms with Gasteiger partial charge < -0.3 is 15.0 Å². The number of nitrogens with zero attached hydrogens (tertiary/aromatic N) is 1. The Balaban J connectivity index is 2.14. The SMILES string of the molecule is CCCNC(=O)C(C)N(Cc1ccc(C)cc1)C(=O)COc1cc(C)cc(C)c1. The molecule has 5 nitrogen and oxygen atoms in total. The zero-order valence-electron chi connectivity index (χ0n) is 18.1. The smallest absolute Gasteiger partial charge is 0.261 e. The van der Waals surface area contributed by atoms with Crippen LogP contribution in [0.4, 0.5) is 0 Å². The summed E-state index contributed by atoms with van der Waals surface area (Å²) >= 11 is 0. The number of nitrogens with one attached hydrogen (secondary N) is 1. The first-order valence-corrected chi connectivity index (χ1v) is 10.1. The zero-order valence-corrected chi connectivity index (χ0v) is 18.1. The predicted octanol–water partition coefficient (Wildman–Crippen LogP) is 3.93. The van der Waals surface area contributed by atoms with E-state index in [1.807, 2.05) is 64.1 Å². The minimum Gasteiger partial charge on any atom is -0.484 e. The van der Waals surface area contributed by atoms with Gasteiger partial charge in [-0.3, -0.25) is 9.59 Å². The summed E-state index contributed by atoms with van der Waals surface area (Å²) in [6.45, 7) is 10.6. The first kappa shape index (κ1) is 22.5. The van der Waals surface area contributed by atoms with E-state index in [0.717, 1.165) is 28.7 Å². The zero-order chi connectivity index (χ0) is 21.4. The van der Waals surface area contributed by atoms with Gasteiger partial charge in [0.25, 0.3) is 5.91 Å². The molecule has 2 rings (SSSR count). The number of ether oxygens (including phenoxy) is 1. The van der Waals surface area contributed by atoms with E-state index in [1.54, 1.807) is 11.8 Å². The Morgan fingerprint density at radius 3 is 2.21 bits per heavy atom. The minimum absolute atomic E-state index is 0.111. The molecule has 1 N–H and O–H groups in total. The summed E-state index contributed by atoms with van der Waals surface area (Å²) in [6.07, 6.45) is 0.847. The van der Waals surface area contributed by atoms with Gasteiger partial charge in [-0.05, 0) is 62.9 Å². The van der Waals surface area contributed by atoms with Gasteiger partial charge in [-0.1, -0.05) is 42.8 Å². The lowest BCUT2D eigenvalue weighted by Gasteiger charge is -2.28. The molecule has 0 bridgehead atoms. The minimum atomic E-state index is -0.585. The quantitative estimate of drug-likeness (QED) is 0.699. The van der Waals surface area contributed by atoms with Crippen molar-refractivity contribution in [3.05, 3.63) is 64.7 Å². The van der Waals surface area contributed by atoms with Crippen LogP contribution in [0.5, 0.6) is 5.75 Å². The second-order valence-corrected chi connectivity index (χ2v) is 7.59. The van der Waals surface area contributed by atoms with E-state index in [1.165, 1.54) is 0 Å². The number of aryl methyl sites for hydroxylation is 3. The normalized spacial score (nSPS) is 11.6. The molecule has 0 aliphatic carbocycles. The predicted molar refractivity (Wildman–Crippen MR) is 116 cm³/mol. The highest BCUT2D eigenvalue weighted by Crippen LogP contribution is 2.17. The topological polar surface area (TPSA) is 58.6 Å². The van der Waals surface area contributed by atoms with Crippen LogP contribution in [0.1, 0.15) is 42.5 Å². The molecule has 0 aliphatic rings. The third-order valence-electron chi connectivity index (χ3n) is 4.75. The van der Waals surface area contributed by atoms with Crippen LogP contribution in [0, 0.1) is 20.8 Å². The molecule has 1 atom stereocenters. The molecular formula is C24H32N2O3. The summed E-state index contributed by atoms with van der Waals surface area (Å²) in [6, 6.07) is 13.3. The fourth-order valence-corrected chi connectivity index (χ4v) is 3.11. The third kappa shape index (κ3) is 6.93. The fraction of sp³-hybridized carbons (Fsp3) is 0.417. The number of carbonyl (C=O) groups excluding carboxylic acids is 2.